The van der Waals surface area contributed by atoms with Gasteiger partial charge >= 0.3 is 0 Å². The Balaban J connectivity index is 1.86. The molecule has 1 aromatic heterocycles. The molecule has 0 atom stereocenters. The van der Waals surface area contributed by atoms with Crippen LogP contribution in [0.15, 0.2) is 6.20 Å². The van der Waals surface area contributed by atoms with Gasteiger partial charge in [0.05, 0.1) is 0 Å². The van der Waals surface area contributed by atoms with Crippen LogP contribution in [0.3, 0.4) is 0 Å². The summed E-state index contributed by atoms with van der Waals surface area (Å²) in [6, 6.07) is 0. The van der Waals surface area contributed by atoms with E-state index in [4.69, 9.17) is 4.98 Å². The average Bonchev–Trinajstić information content (AvgIpc) is 2.23. The molecule has 98 valence electrons. The van der Waals surface area contributed by atoms with Crippen LogP contribution in [0.25, 0.3) is 0 Å². The molecule has 0 amide bonds. The topological polar surface area (TPSA) is 25.8 Å². The molecule has 2 nitrogen and oxygen atoms in total. The van der Waals surface area contributed by atoms with Gasteiger partial charge in [0.25, 0.3) is 0 Å². The first-order valence-electron chi connectivity index (χ1n) is 7.18. The largest absolute Gasteiger partial charge is 0.241 e. The van der Waals surface area contributed by atoms with Gasteiger partial charge in [0.1, 0.15) is 5.82 Å². The molecule has 3 rings (SSSR count). The van der Waals surface area contributed by atoms with Crippen molar-refractivity contribution >= 4 is 15.9 Å². The van der Waals surface area contributed by atoms with E-state index in [0.717, 1.165) is 28.7 Å². The fourth-order valence-corrected chi connectivity index (χ4v) is 3.76. The van der Waals surface area contributed by atoms with Crippen molar-refractivity contribution in [2.75, 3.05) is 0 Å². The molecule has 0 radical (unpaired) electrons. The molecule has 2 saturated carbocycles. The molecule has 0 unspecified atom stereocenters. The van der Waals surface area contributed by atoms with Crippen LogP contribution >= 0.6 is 15.9 Å². The van der Waals surface area contributed by atoms with Gasteiger partial charge in [-0.25, -0.2) is 9.97 Å². The lowest BCUT2D eigenvalue weighted by Gasteiger charge is -2.41. The summed E-state index contributed by atoms with van der Waals surface area (Å²) in [7, 11) is 0. The first-order valence-corrected chi connectivity index (χ1v) is 8.30. The molecule has 0 aromatic carbocycles. The molecule has 2 aliphatic carbocycles. The van der Waals surface area contributed by atoms with Crippen LogP contribution in [0, 0.1) is 18.8 Å². The van der Waals surface area contributed by atoms with Crippen LogP contribution in [0.1, 0.15) is 61.5 Å². The summed E-state index contributed by atoms with van der Waals surface area (Å²) in [5, 5.41) is 0.858. The highest BCUT2D eigenvalue weighted by molar-refractivity contribution is 9.08. The van der Waals surface area contributed by atoms with Gasteiger partial charge in [-0.15, -0.1) is 0 Å². The summed E-state index contributed by atoms with van der Waals surface area (Å²) in [6.07, 6.45) is 10.4. The van der Waals surface area contributed by atoms with E-state index in [1.807, 2.05) is 6.20 Å². The third-order valence-electron chi connectivity index (χ3n) is 4.86. The predicted octanol–water partition coefficient (Wildman–Crippen LogP) is 4.36. The Labute approximate surface area is 118 Å². The molecule has 1 aromatic rings. The van der Waals surface area contributed by atoms with E-state index in [0.29, 0.717) is 5.92 Å². The van der Waals surface area contributed by atoms with Crippen LogP contribution in [-0.4, -0.2) is 9.97 Å². The van der Waals surface area contributed by atoms with E-state index in [-0.39, 0.29) is 0 Å². The summed E-state index contributed by atoms with van der Waals surface area (Å²) >= 11 is 3.50. The fourth-order valence-electron chi connectivity index (χ4n) is 3.21. The van der Waals surface area contributed by atoms with Crippen molar-refractivity contribution in [3.63, 3.8) is 0 Å². The molecule has 0 N–H and O–H groups in total. The van der Waals surface area contributed by atoms with Crippen molar-refractivity contribution in [2.45, 2.75) is 56.7 Å². The number of rotatable bonds is 4. The predicted molar refractivity (Wildman–Crippen MR) is 76.8 cm³/mol. The van der Waals surface area contributed by atoms with Gasteiger partial charge in [0.15, 0.2) is 0 Å². The van der Waals surface area contributed by atoms with Gasteiger partial charge in [-0.3, -0.25) is 0 Å². The molecule has 2 aliphatic rings. The second kappa shape index (κ2) is 5.28. The highest BCUT2D eigenvalue weighted by atomic mass is 79.9. The zero-order valence-corrected chi connectivity index (χ0v) is 12.6. The second-order valence-corrected chi connectivity index (χ2v) is 6.44. The standard InChI is InChI=1S/C15H21BrN2/c1-10-13(8-16)9-17-15(18-10)14(11-4-2-5-11)12-6-3-7-12/h9,11-12,14H,2-8H2,1H3. The van der Waals surface area contributed by atoms with Gasteiger partial charge in [0.2, 0.25) is 0 Å². The third-order valence-corrected chi connectivity index (χ3v) is 5.46. The Morgan fingerprint density at radius 1 is 1.22 bits per heavy atom. The third kappa shape index (κ3) is 2.22. The maximum Gasteiger partial charge on any atom is 0.132 e. The van der Waals surface area contributed by atoms with Crippen molar-refractivity contribution in [3.8, 4) is 0 Å². The van der Waals surface area contributed by atoms with Crippen molar-refractivity contribution in [3.05, 3.63) is 23.3 Å². The molecule has 2 fully saturated rings. The van der Waals surface area contributed by atoms with E-state index >= 15 is 0 Å². The Kier molecular flexibility index (Phi) is 3.69. The molecular weight excluding hydrogens is 288 g/mol. The number of hydrogen-bond acceptors (Lipinski definition) is 2. The van der Waals surface area contributed by atoms with E-state index in [1.165, 1.54) is 44.1 Å². The minimum Gasteiger partial charge on any atom is -0.241 e. The van der Waals surface area contributed by atoms with E-state index in [9.17, 15) is 0 Å². The average molecular weight is 309 g/mol. The number of nitrogens with zero attached hydrogens (tertiary/aromatic N) is 2. The molecule has 0 saturated heterocycles. The van der Waals surface area contributed by atoms with Crippen molar-refractivity contribution in [1.29, 1.82) is 0 Å². The SMILES string of the molecule is Cc1nc(C(C2CCC2)C2CCC2)ncc1CBr. The number of halogens is 1. The van der Waals surface area contributed by atoms with E-state index < -0.39 is 0 Å². The Morgan fingerprint density at radius 3 is 2.22 bits per heavy atom. The number of aromatic nitrogens is 2. The monoisotopic (exact) mass is 308 g/mol. The normalized spacial score (nSPS) is 20.8. The van der Waals surface area contributed by atoms with Crippen LogP contribution in [0.2, 0.25) is 0 Å². The molecule has 0 aliphatic heterocycles. The van der Waals surface area contributed by atoms with Crippen molar-refractivity contribution in [1.82, 2.24) is 9.97 Å². The molecule has 0 bridgehead atoms. The lowest BCUT2D eigenvalue weighted by atomic mass is 9.64. The maximum atomic E-state index is 4.81. The molecule has 3 heteroatoms. The minimum atomic E-state index is 0.649. The molecular formula is C15H21BrN2. The summed E-state index contributed by atoms with van der Waals surface area (Å²) in [6.45, 7) is 2.11. The first-order chi connectivity index (χ1) is 8.79. The maximum absolute atomic E-state index is 4.81. The fraction of sp³-hybridized carbons (Fsp3) is 0.733. The Morgan fingerprint density at radius 2 is 1.83 bits per heavy atom. The highest BCUT2D eigenvalue weighted by Gasteiger charge is 2.38. The number of hydrogen-bond donors (Lipinski definition) is 0. The second-order valence-electron chi connectivity index (χ2n) is 5.88. The van der Waals surface area contributed by atoms with Gasteiger partial charge < -0.3 is 0 Å². The number of alkyl halides is 1. The van der Waals surface area contributed by atoms with E-state index in [1.54, 1.807) is 0 Å². The van der Waals surface area contributed by atoms with Gasteiger partial charge in [-0.05, 0) is 44.4 Å². The smallest absolute Gasteiger partial charge is 0.132 e. The van der Waals surface area contributed by atoms with Crippen LogP contribution in [0.5, 0.6) is 0 Å². The molecule has 1 heterocycles. The van der Waals surface area contributed by atoms with Crippen molar-refractivity contribution < 1.29 is 0 Å². The molecule has 0 spiro atoms. The quantitative estimate of drug-likeness (QED) is 0.772. The zero-order chi connectivity index (χ0) is 12.5. The summed E-state index contributed by atoms with van der Waals surface area (Å²) in [4.78, 5) is 9.48. The van der Waals surface area contributed by atoms with Gasteiger partial charge in [0, 0.05) is 28.7 Å². The van der Waals surface area contributed by atoms with Gasteiger partial charge in [-0.2, -0.15) is 0 Å². The summed E-state index contributed by atoms with van der Waals surface area (Å²) < 4.78 is 0. The van der Waals surface area contributed by atoms with E-state index in [2.05, 4.69) is 27.8 Å². The van der Waals surface area contributed by atoms with Crippen LogP contribution in [0.4, 0.5) is 0 Å². The highest BCUT2D eigenvalue weighted by Crippen LogP contribution is 2.48. The summed E-state index contributed by atoms with van der Waals surface area (Å²) in [5.41, 5.74) is 2.38. The first kappa shape index (κ1) is 12.6. The van der Waals surface area contributed by atoms with Gasteiger partial charge in [-0.1, -0.05) is 28.8 Å². The zero-order valence-electron chi connectivity index (χ0n) is 11.0. The Bertz CT molecular complexity index is 411. The number of aryl methyl sites for hydroxylation is 1. The summed E-state index contributed by atoms with van der Waals surface area (Å²) in [5.74, 6) is 3.51. The van der Waals surface area contributed by atoms with Crippen LogP contribution in [-0.2, 0) is 5.33 Å². The minimum absolute atomic E-state index is 0.649. The lowest BCUT2D eigenvalue weighted by molar-refractivity contribution is 0.143. The molecule has 18 heavy (non-hydrogen) atoms. The van der Waals surface area contributed by atoms with Crippen molar-refractivity contribution in [2.24, 2.45) is 11.8 Å². The lowest BCUT2D eigenvalue weighted by Crippen LogP contribution is -2.32. The van der Waals surface area contributed by atoms with Crippen LogP contribution < -0.4 is 0 Å². The Hall–Kier alpha value is -0.440.